The van der Waals surface area contributed by atoms with E-state index < -0.39 is 23.9 Å². The van der Waals surface area contributed by atoms with E-state index in [0.717, 1.165) is 0 Å². The van der Waals surface area contributed by atoms with Gasteiger partial charge in [0.15, 0.2) is 0 Å². The first-order chi connectivity index (χ1) is 6.43. The number of rotatable bonds is 5. The maximum atomic E-state index is 11.0. The average molecular weight is 204 g/mol. The van der Waals surface area contributed by atoms with Crippen LogP contribution in [0.5, 0.6) is 0 Å². The molecule has 4 amide bonds. The summed E-state index contributed by atoms with van der Waals surface area (Å²) >= 11 is 0. The summed E-state index contributed by atoms with van der Waals surface area (Å²) < 4.78 is 0. The second-order valence-electron chi connectivity index (χ2n) is 2.45. The van der Waals surface area contributed by atoms with Crippen LogP contribution in [0.25, 0.3) is 0 Å². The number of hydrogen-bond donors (Lipinski definition) is 4. The van der Waals surface area contributed by atoms with E-state index in [1.54, 1.807) is 0 Å². The van der Waals surface area contributed by atoms with E-state index in [-0.39, 0.29) is 6.61 Å². The molecule has 1 atom stereocenters. The Kier molecular flexibility index (Phi) is 5.19. The van der Waals surface area contributed by atoms with Crippen molar-refractivity contribution in [3.63, 3.8) is 0 Å². The predicted molar refractivity (Wildman–Crippen MR) is 45.5 cm³/mol. The Balaban J connectivity index is 3.72. The summed E-state index contributed by atoms with van der Waals surface area (Å²) in [6.45, 7) is 1.05. The second kappa shape index (κ2) is 5.89. The zero-order valence-corrected chi connectivity index (χ0v) is 7.57. The molecule has 1 unspecified atom stereocenters. The van der Waals surface area contributed by atoms with E-state index in [2.05, 4.69) is 10.3 Å². The maximum absolute atomic E-state index is 11.0. The fourth-order valence-electron chi connectivity index (χ4n) is 0.521. The molecule has 0 fully saturated rings. The number of nitrogens with two attached hydrogens (primary N) is 2. The van der Waals surface area contributed by atoms with Crippen molar-refractivity contribution in [2.75, 3.05) is 6.61 Å². The standard InChI is InChI=1S/C6H12N4O4/c1-3(5(12)9-6(8)13)10-14-2-4(7)11/h3,10H,2H2,1H3,(H2,7,11)(H3,8,9,12,13). The second-order valence-corrected chi connectivity index (χ2v) is 2.45. The fourth-order valence-corrected chi connectivity index (χ4v) is 0.521. The van der Waals surface area contributed by atoms with Crippen LogP contribution in [-0.4, -0.2) is 30.5 Å². The number of primary amides is 2. The largest absolute Gasteiger partial charge is 0.368 e. The molecule has 6 N–H and O–H groups in total. The van der Waals surface area contributed by atoms with E-state index >= 15 is 0 Å². The number of hydroxylamine groups is 1. The first kappa shape index (κ1) is 12.3. The maximum Gasteiger partial charge on any atom is 0.318 e. The van der Waals surface area contributed by atoms with Crippen LogP contribution in [0.2, 0.25) is 0 Å². The lowest BCUT2D eigenvalue weighted by Crippen LogP contribution is -2.46. The molecule has 0 aliphatic heterocycles. The third-order valence-electron chi connectivity index (χ3n) is 1.11. The molecule has 14 heavy (non-hydrogen) atoms. The van der Waals surface area contributed by atoms with Crippen molar-refractivity contribution in [3.05, 3.63) is 0 Å². The van der Waals surface area contributed by atoms with Crippen molar-refractivity contribution in [1.29, 1.82) is 0 Å². The number of urea groups is 1. The summed E-state index contributed by atoms with van der Waals surface area (Å²) in [7, 11) is 0. The molecule has 0 bridgehead atoms. The van der Waals surface area contributed by atoms with Gasteiger partial charge in [0.25, 0.3) is 0 Å². The van der Waals surface area contributed by atoms with Gasteiger partial charge in [-0.15, -0.1) is 0 Å². The quantitative estimate of drug-likeness (QED) is 0.369. The van der Waals surface area contributed by atoms with E-state index in [1.165, 1.54) is 6.92 Å². The highest BCUT2D eigenvalue weighted by molar-refractivity contribution is 5.96. The smallest absolute Gasteiger partial charge is 0.318 e. The Morgan fingerprint density at radius 1 is 1.36 bits per heavy atom. The van der Waals surface area contributed by atoms with Crippen LogP contribution >= 0.6 is 0 Å². The van der Waals surface area contributed by atoms with Gasteiger partial charge in [-0.25, -0.2) is 4.79 Å². The predicted octanol–water partition coefficient (Wildman–Crippen LogP) is -2.42. The molecule has 0 aromatic carbocycles. The zero-order valence-electron chi connectivity index (χ0n) is 7.57. The molecule has 8 heteroatoms. The van der Waals surface area contributed by atoms with Crippen LogP contribution in [0.4, 0.5) is 4.79 Å². The Labute approximate surface area is 79.9 Å². The first-order valence-electron chi connectivity index (χ1n) is 3.69. The van der Waals surface area contributed by atoms with Gasteiger partial charge < -0.3 is 11.5 Å². The van der Waals surface area contributed by atoms with Gasteiger partial charge in [0.05, 0.1) is 0 Å². The van der Waals surface area contributed by atoms with Crippen LogP contribution in [0.15, 0.2) is 0 Å². The molecule has 0 saturated carbocycles. The van der Waals surface area contributed by atoms with Gasteiger partial charge in [-0.05, 0) is 6.92 Å². The summed E-state index contributed by atoms with van der Waals surface area (Å²) in [4.78, 5) is 35.9. The molecule has 0 aromatic heterocycles. The molecular weight excluding hydrogens is 192 g/mol. The molecule has 0 aliphatic carbocycles. The fraction of sp³-hybridized carbons (Fsp3) is 0.500. The Hall–Kier alpha value is -1.67. The SMILES string of the molecule is CC(NOCC(N)=O)C(=O)NC(N)=O. The molecule has 0 heterocycles. The lowest BCUT2D eigenvalue weighted by molar-refractivity contribution is -0.132. The Morgan fingerprint density at radius 3 is 2.36 bits per heavy atom. The minimum Gasteiger partial charge on any atom is -0.368 e. The van der Waals surface area contributed by atoms with E-state index in [9.17, 15) is 14.4 Å². The molecule has 0 aromatic rings. The van der Waals surface area contributed by atoms with Crippen molar-refractivity contribution in [2.45, 2.75) is 13.0 Å². The average Bonchev–Trinajstić information content (AvgIpc) is 2.01. The zero-order chi connectivity index (χ0) is 11.1. The minimum absolute atomic E-state index is 0.367. The number of hydrogen-bond acceptors (Lipinski definition) is 5. The third kappa shape index (κ3) is 5.91. The molecule has 0 rings (SSSR count). The van der Waals surface area contributed by atoms with Crippen LogP contribution < -0.4 is 22.3 Å². The first-order valence-corrected chi connectivity index (χ1v) is 3.69. The normalized spacial score (nSPS) is 11.8. The lowest BCUT2D eigenvalue weighted by atomic mass is 10.3. The van der Waals surface area contributed by atoms with Gasteiger partial charge >= 0.3 is 6.03 Å². The number of carbonyl (C=O) groups excluding carboxylic acids is 3. The number of amides is 4. The van der Waals surface area contributed by atoms with Gasteiger partial charge in [0, 0.05) is 0 Å². The van der Waals surface area contributed by atoms with Gasteiger partial charge in [-0.2, -0.15) is 5.48 Å². The summed E-state index contributed by atoms with van der Waals surface area (Å²) in [6, 6.07) is -1.78. The van der Waals surface area contributed by atoms with Gasteiger partial charge in [0.2, 0.25) is 11.8 Å². The Morgan fingerprint density at radius 2 is 1.93 bits per heavy atom. The molecule has 0 spiro atoms. The monoisotopic (exact) mass is 204 g/mol. The molecule has 0 radical (unpaired) electrons. The third-order valence-corrected chi connectivity index (χ3v) is 1.11. The van der Waals surface area contributed by atoms with Crippen LogP contribution in [-0.2, 0) is 14.4 Å². The topological polar surface area (TPSA) is 137 Å². The lowest BCUT2D eigenvalue weighted by Gasteiger charge is -2.11. The van der Waals surface area contributed by atoms with E-state index in [0.29, 0.717) is 0 Å². The van der Waals surface area contributed by atoms with Crippen LogP contribution in [0, 0.1) is 0 Å². The highest BCUT2D eigenvalue weighted by atomic mass is 16.6. The van der Waals surface area contributed by atoms with Crippen molar-refractivity contribution in [3.8, 4) is 0 Å². The van der Waals surface area contributed by atoms with Crippen molar-refractivity contribution in [2.24, 2.45) is 11.5 Å². The van der Waals surface area contributed by atoms with Crippen molar-refractivity contribution >= 4 is 17.8 Å². The van der Waals surface area contributed by atoms with E-state index in [4.69, 9.17) is 11.5 Å². The summed E-state index contributed by atoms with van der Waals surface area (Å²) in [5, 5.41) is 1.82. The van der Waals surface area contributed by atoms with Gasteiger partial charge in [-0.3, -0.25) is 19.7 Å². The van der Waals surface area contributed by atoms with Crippen LogP contribution in [0.3, 0.4) is 0 Å². The number of nitrogens with one attached hydrogen (secondary N) is 2. The highest BCUT2D eigenvalue weighted by Crippen LogP contribution is 1.81. The molecule has 80 valence electrons. The van der Waals surface area contributed by atoms with Gasteiger partial charge in [0.1, 0.15) is 12.6 Å². The number of imide groups is 1. The van der Waals surface area contributed by atoms with E-state index in [1.807, 2.05) is 5.32 Å². The summed E-state index contributed by atoms with van der Waals surface area (Å²) in [5.41, 5.74) is 11.6. The molecule has 0 saturated heterocycles. The van der Waals surface area contributed by atoms with Crippen molar-refractivity contribution < 1.29 is 19.2 Å². The summed E-state index contributed by atoms with van der Waals surface area (Å²) in [5.74, 6) is -1.35. The minimum atomic E-state index is -0.960. The molecule has 8 nitrogen and oxygen atoms in total. The number of carbonyl (C=O) groups is 3. The molecular formula is C6H12N4O4. The van der Waals surface area contributed by atoms with Crippen molar-refractivity contribution in [1.82, 2.24) is 10.8 Å². The highest BCUT2D eigenvalue weighted by Gasteiger charge is 2.13. The Bertz CT molecular complexity index is 242. The van der Waals surface area contributed by atoms with Gasteiger partial charge in [-0.1, -0.05) is 0 Å². The summed E-state index contributed by atoms with van der Waals surface area (Å²) in [6.07, 6.45) is 0. The van der Waals surface area contributed by atoms with Crippen LogP contribution in [0.1, 0.15) is 6.92 Å². The molecule has 0 aliphatic rings.